The predicted molar refractivity (Wildman–Crippen MR) is 67.1 cm³/mol. The highest BCUT2D eigenvalue weighted by Gasteiger charge is 2.26. The maximum absolute atomic E-state index is 11.9. The van der Waals surface area contributed by atoms with E-state index in [0.717, 1.165) is 0 Å². The molecule has 0 aliphatic heterocycles. The Morgan fingerprint density at radius 3 is 2.52 bits per heavy atom. The molecule has 0 aromatic heterocycles. The number of para-hydroxylation sites is 2. The first kappa shape index (κ1) is 16.8. The molecular weight excluding hydrogens is 293 g/mol. The quantitative estimate of drug-likeness (QED) is 0.705. The molecule has 116 valence electrons. The highest BCUT2D eigenvalue weighted by molar-refractivity contribution is 5.93. The van der Waals surface area contributed by atoms with Crippen molar-refractivity contribution in [3.05, 3.63) is 24.3 Å². The number of halogens is 3. The number of carboxylic acids is 1. The molecule has 9 heteroatoms. The number of amides is 1. The zero-order valence-electron chi connectivity index (χ0n) is 10.7. The van der Waals surface area contributed by atoms with Gasteiger partial charge in [-0.25, -0.2) is 4.79 Å². The van der Waals surface area contributed by atoms with Crippen LogP contribution < -0.4 is 15.4 Å². The standard InChI is InChI=1S/C12H13F3N2O4/c13-12(14,15)7-16-5-10(18)17-8-3-1-2-4-9(8)21-6-11(19)20/h1-4,16H,5-7H2,(H,17,18)(H,19,20). The molecule has 0 radical (unpaired) electrons. The lowest BCUT2D eigenvalue weighted by atomic mass is 10.3. The van der Waals surface area contributed by atoms with Gasteiger partial charge in [0.15, 0.2) is 6.61 Å². The van der Waals surface area contributed by atoms with Gasteiger partial charge in [0.05, 0.1) is 18.8 Å². The SMILES string of the molecule is O=C(O)COc1ccccc1NC(=O)CNCC(F)(F)F. The number of carbonyl (C=O) groups excluding carboxylic acids is 1. The summed E-state index contributed by atoms with van der Waals surface area (Å²) in [7, 11) is 0. The summed E-state index contributed by atoms with van der Waals surface area (Å²) in [4.78, 5) is 21.9. The van der Waals surface area contributed by atoms with Gasteiger partial charge in [-0.2, -0.15) is 13.2 Å². The number of ether oxygens (including phenoxy) is 1. The summed E-state index contributed by atoms with van der Waals surface area (Å²) < 4.78 is 40.7. The normalized spacial score (nSPS) is 11.0. The number of aliphatic carboxylic acids is 1. The highest BCUT2D eigenvalue weighted by atomic mass is 19.4. The summed E-state index contributed by atoms with van der Waals surface area (Å²) in [5, 5.41) is 12.8. The Morgan fingerprint density at radius 1 is 1.24 bits per heavy atom. The number of hydrogen-bond donors (Lipinski definition) is 3. The van der Waals surface area contributed by atoms with E-state index >= 15 is 0 Å². The Labute approximate surface area is 117 Å². The van der Waals surface area contributed by atoms with E-state index in [9.17, 15) is 22.8 Å². The first-order chi connectivity index (χ1) is 9.78. The second kappa shape index (κ2) is 7.48. The molecule has 1 rings (SSSR count). The number of benzene rings is 1. The van der Waals surface area contributed by atoms with E-state index in [1.54, 1.807) is 12.1 Å². The van der Waals surface area contributed by atoms with Crippen LogP contribution in [0.2, 0.25) is 0 Å². The van der Waals surface area contributed by atoms with E-state index < -0.39 is 37.7 Å². The van der Waals surface area contributed by atoms with Crippen LogP contribution in [0.25, 0.3) is 0 Å². The molecule has 0 saturated carbocycles. The van der Waals surface area contributed by atoms with E-state index in [-0.39, 0.29) is 11.4 Å². The number of anilines is 1. The van der Waals surface area contributed by atoms with Crippen LogP contribution in [0.4, 0.5) is 18.9 Å². The third-order valence-electron chi connectivity index (χ3n) is 2.12. The molecule has 3 N–H and O–H groups in total. The van der Waals surface area contributed by atoms with Gasteiger partial charge < -0.3 is 20.5 Å². The van der Waals surface area contributed by atoms with Crippen molar-refractivity contribution in [3.63, 3.8) is 0 Å². The van der Waals surface area contributed by atoms with Crippen molar-refractivity contribution < 1.29 is 32.6 Å². The molecule has 0 aliphatic rings. The summed E-state index contributed by atoms with van der Waals surface area (Å²) in [5.41, 5.74) is 0.178. The Morgan fingerprint density at radius 2 is 1.90 bits per heavy atom. The molecule has 6 nitrogen and oxygen atoms in total. The number of carbonyl (C=O) groups is 2. The summed E-state index contributed by atoms with van der Waals surface area (Å²) in [6.45, 7) is -2.41. The average Bonchev–Trinajstić information content (AvgIpc) is 2.36. The third kappa shape index (κ3) is 7.16. The summed E-state index contributed by atoms with van der Waals surface area (Å²) in [6.07, 6.45) is -4.40. The fourth-order valence-corrected chi connectivity index (χ4v) is 1.35. The Hall–Kier alpha value is -2.29. The van der Waals surface area contributed by atoms with Gasteiger partial charge in [-0.3, -0.25) is 4.79 Å². The lowest BCUT2D eigenvalue weighted by Crippen LogP contribution is -2.35. The smallest absolute Gasteiger partial charge is 0.401 e. The van der Waals surface area contributed by atoms with Gasteiger partial charge in [0, 0.05) is 0 Å². The van der Waals surface area contributed by atoms with Crippen LogP contribution in [0.3, 0.4) is 0 Å². The van der Waals surface area contributed by atoms with Crippen molar-refractivity contribution in [1.82, 2.24) is 5.32 Å². The summed E-state index contributed by atoms with van der Waals surface area (Å²) >= 11 is 0. The van der Waals surface area contributed by atoms with E-state index in [2.05, 4.69) is 5.32 Å². The van der Waals surface area contributed by atoms with Crippen LogP contribution in [0.1, 0.15) is 0 Å². The Bertz CT molecular complexity index is 506. The van der Waals surface area contributed by atoms with Gasteiger partial charge >= 0.3 is 12.1 Å². The number of carboxylic acid groups (broad SMARTS) is 1. The lowest BCUT2D eigenvalue weighted by Gasteiger charge is -2.12. The topological polar surface area (TPSA) is 87.7 Å². The molecule has 0 unspecified atom stereocenters. The van der Waals surface area contributed by atoms with Crippen LogP contribution in [0.15, 0.2) is 24.3 Å². The second-order valence-electron chi connectivity index (χ2n) is 3.95. The number of alkyl halides is 3. The van der Waals surface area contributed by atoms with E-state index in [1.807, 2.05) is 5.32 Å². The van der Waals surface area contributed by atoms with Crippen LogP contribution in [-0.2, 0) is 9.59 Å². The molecule has 0 heterocycles. The Balaban J connectivity index is 2.53. The van der Waals surface area contributed by atoms with Gasteiger partial charge in [-0.05, 0) is 12.1 Å². The molecule has 0 atom stereocenters. The number of rotatable bonds is 7. The van der Waals surface area contributed by atoms with Crippen molar-refractivity contribution >= 4 is 17.6 Å². The zero-order valence-corrected chi connectivity index (χ0v) is 10.7. The van der Waals surface area contributed by atoms with Gasteiger partial charge in [-0.1, -0.05) is 12.1 Å². The fraction of sp³-hybridized carbons (Fsp3) is 0.333. The van der Waals surface area contributed by atoms with Gasteiger partial charge in [0.25, 0.3) is 0 Å². The predicted octanol–water partition coefficient (Wildman–Crippen LogP) is 1.24. The molecule has 1 amide bonds. The van der Waals surface area contributed by atoms with Crippen LogP contribution >= 0.6 is 0 Å². The van der Waals surface area contributed by atoms with Crippen LogP contribution in [0.5, 0.6) is 5.75 Å². The fourth-order valence-electron chi connectivity index (χ4n) is 1.35. The van der Waals surface area contributed by atoms with Crippen molar-refractivity contribution in [1.29, 1.82) is 0 Å². The molecule has 0 saturated heterocycles. The van der Waals surface area contributed by atoms with Crippen molar-refractivity contribution in [2.24, 2.45) is 0 Å². The first-order valence-electron chi connectivity index (χ1n) is 5.79. The monoisotopic (exact) mass is 306 g/mol. The van der Waals surface area contributed by atoms with Crippen molar-refractivity contribution in [3.8, 4) is 5.75 Å². The van der Waals surface area contributed by atoms with Gasteiger partial charge in [0.2, 0.25) is 5.91 Å². The Kier molecular flexibility index (Phi) is 5.97. The molecule has 0 bridgehead atoms. The van der Waals surface area contributed by atoms with E-state index in [4.69, 9.17) is 9.84 Å². The van der Waals surface area contributed by atoms with Crippen molar-refractivity contribution in [2.75, 3.05) is 25.0 Å². The molecule has 0 aliphatic carbocycles. The number of hydrogen-bond acceptors (Lipinski definition) is 4. The van der Waals surface area contributed by atoms with Crippen LogP contribution in [0, 0.1) is 0 Å². The zero-order chi connectivity index (χ0) is 15.9. The molecule has 21 heavy (non-hydrogen) atoms. The van der Waals surface area contributed by atoms with Gasteiger partial charge in [-0.15, -0.1) is 0 Å². The molecular formula is C12H13F3N2O4. The molecule has 1 aromatic carbocycles. The minimum absolute atomic E-state index is 0.115. The minimum atomic E-state index is -4.40. The third-order valence-corrected chi connectivity index (χ3v) is 2.12. The summed E-state index contributed by atoms with van der Waals surface area (Å²) in [5.74, 6) is -1.78. The maximum atomic E-state index is 11.9. The van der Waals surface area contributed by atoms with E-state index in [0.29, 0.717) is 0 Å². The van der Waals surface area contributed by atoms with E-state index in [1.165, 1.54) is 12.1 Å². The number of nitrogens with one attached hydrogen (secondary N) is 2. The first-order valence-corrected chi connectivity index (χ1v) is 5.79. The maximum Gasteiger partial charge on any atom is 0.401 e. The molecule has 1 aromatic rings. The summed E-state index contributed by atoms with van der Waals surface area (Å²) in [6, 6.07) is 6.00. The second-order valence-corrected chi connectivity index (χ2v) is 3.95. The average molecular weight is 306 g/mol. The molecule has 0 fully saturated rings. The highest BCUT2D eigenvalue weighted by Crippen LogP contribution is 2.23. The van der Waals surface area contributed by atoms with Crippen molar-refractivity contribution in [2.45, 2.75) is 6.18 Å². The minimum Gasteiger partial charge on any atom is -0.480 e. The van der Waals surface area contributed by atoms with Crippen LogP contribution in [-0.4, -0.2) is 42.9 Å². The largest absolute Gasteiger partial charge is 0.480 e. The van der Waals surface area contributed by atoms with Gasteiger partial charge in [0.1, 0.15) is 5.75 Å². The lowest BCUT2D eigenvalue weighted by molar-refractivity contribution is -0.139. The molecule has 0 spiro atoms.